The molecule has 1 spiro atoms. The van der Waals surface area contributed by atoms with Gasteiger partial charge in [-0.1, -0.05) is 0 Å². The van der Waals surface area contributed by atoms with Crippen molar-refractivity contribution >= 4 is 29.6 Å². The number of urea groups is 1. The van der Waals surface area contributed by atoms with E-state index in [0.717, 1.165) is 37.3 Å². The number of rotatable bonds is 4. The topological polar surface area (TPSA) is 119 Å². The van der Waals surface area contributed by atoms with E-state index in [1.165, 1.54) is 11.8 Å². The Morgan fingerprint density at radius 3 is 2.56 bits per heavy atom. The molecule has 0 aromatic carbocycles. The third kappa shape index (κ3) is 4.00. The number of amides is 3. The fourth-order valence-electron chi connectivity index (χ4n) is 4.81. The zero-order valence-corrected chi connectivity index (χ0v) is 16.3. The van der Waals surface area contributed by atoms with Gasteiger partial charge in [0, 0.05) is 25.7 Å². The van der Waals surface area contributed by atoms with E-state index in [9.17, 15) is 13.8 Å². The van der Waals surface area contributed by atoms with Crippen molar-refractivity contribution in [3.8, 4) is 0 Å². The predicted molar refractivity (Wildman–Crippen MR) is 95.4 cm³/mol. The average Bonchev–Trinajstić information content (AvgIpc) is 2.77. The third-order valence-electron chi connectivity index (χ3n) is 5.69. The quantitative estimate of drug-likeness (QED) is 0.491. The summed E-state index contributed by atoms with van der Waals surface area (Å²) in [7, 11) is 2.10. The molecule has 0 aromatic heterocycles. The lowest BCUT2D eigenvalue weighted by Crippen LogP contribution is -2.66. The predicted octanol–water partition coefficient (Wildman–Crippen LogP) is -0.261. The van der Waals surface area contributed by atoms with Crippen LogP contribution in [0.15, 0.2) is 0 Å². The smallest absolute Gasteiger partial charge is 0.346 e. The zero-order valence-electron chi connectivity index (χ0n) is 15.5. The largest absolute Gasteiger partial charge is 0.352 e. The second-order valence-electron chi connectivity index (χ2n) is 7.82. The van der Waals surface area contributed by atoms with E-state index < -0.39 is 23.4 Å². The maximum Gasteiger partial charge on any atom is 0.346 e. The van der Waals surface area contributed by atoms with Crippen molar-refractivity contribution in [1.82, 2.24) is 20.2 Å². The SMILES string of the molecule is CC=O.CN1CC2(CC(NC(=O)[C@@H]3CC[C@@H]4CN3C(=O)N4OS(=O)O)C2)C1. The van der Waals surface area contributed by atoms with Crippen LogP contribution in [0.2, 0.25) is 0 Å². The number of likely N-dealkylation sites (tertiary alicyclic amines) is 1. The second kappa shape index (κ2) is 7.82. The van der Waals surface area contributed by atoms with Gasteiger partial charge < -0.3 is 19.9 Å². The van der Waals surface area contributed by atoms with Gasteiger partial charge in [-0.3, -0.25) is 9.35 Å². The summed E-state index contributed by atoms with van der Waals surface area (Å²) in [6.07, 6.45) is 3.88. The first-order valence-corrected chi connectivity index (χ1v) is 10.1. The number of piperidine rings is 1. The number of carbonyl (C=O) groups is 3. The van der Waals surface area contributed by atoms with Crippen LogP contribution in [0.25, 0.3) is 0 Å². The molecule has 1 aliphatic carbocycles. The molecule has 0 aromatic rings. The molecule has 4 rings (SSSR count). The van der Waals surface area contributed by atoms with E-state index in [2.05, 4.69) is 21.5 Å². The molecule has 2 N–H and O–H groups in total. The van der Waals surface area contributed by atoms with Gasteiger partial charge in [-0.15, -0.1) is 4.28 Å². The highest BCUT2D eigenvalue weighted by Crippen LogP contribution is 2.47. The summed E-state index contributed by atoms with van der Waals surface area (Å²) in [5.74, 6) is -0.124. The fraction of sp³-hybridized carbons (Fsp3) is 0.812. The van der Waals surface area contributed by atoms with E-state index >= 15 is 0 Å². The third-order valence-corrected chi connectivity index (χ3v) is 5.97. The summed E-state index contributed by atoms with van der Waals surface area (Å²) in [5.41, 5.74) is 0.393. The summed E-state index contributed by atoms with van der Waals surface area (Å²) in [6, 6.07) is -1.10. The summed E-state index contributed by atoms with van der Waals surface area (Å²) in [6.45, 7) is 3.99. The Kier molecular flexibility index (Phi) is 5.84. The molecule has 152 valence electrons. The first-order valence-electron chi connectivity index (χ1n) is 9.06. The van der Waals surface area contributed by atoms with Gasteiger partial charge >= 0.3 is 17.4 Å². The van der Waals surface area contributed by atoms with E-state index in [1.54, 1.807) is 0 Å². The minimum Gasteiger partial charge on any atom is -0.352 e. The Morgan fingerprint density at radius 2 is 2.00 bits per heavy atom. The molecule has 3 heterocycles. The zero-order chi connectivity index (χ0) is 19.8. The van der Waals surface area contributed by atoms with Gasteiger partial charge in [0.2, 0.25) is 5.91 Å². The molecule has 4 fully saturated rings. The number of aldehydes is 1. The Balaban J connectivity index is 0.000000659. The Labute approximate surface area is 160 Å². The molecular weight excluding hydrogens is 376 g/mol. The summed E-state index contributed by atoms with van der Waals surface area (Å²) < 4.78 is 24.3. The van der Waals surface area contributed by atoms with Crippen LogP contribution in [0, 0.1) is 5.41 Å². The van der Waals surface area contributed by atoms with E-state index in [-0.39, 0.29) is 18.0 Å². The van der Waals surface area contributed by atoms with Crippen molar-refractivity contribution in [3.05, 3.63) is 0 Å². The van der Waals surface area contributed by atoms with Crippen LogP contribution in [0.4, 0.5) is 4.79 Å². The lowest BCUT2D eigenvalue weighted by Gasteiger charge is -2.58. The van der Waals surface area contributed by atoms with Gasteiger partial charge in [0.15, 0.2) is 0 Å². The Hall–Kier alpha value is -1.56. The standard InChI is InChI=1S/C14H22N4O5S.C2H4O/c1-16-7-14(8-16)4-9(5-14)15-12(19)11-3-2-10-6-17(11)13(20)18(10)23-24(21)22;1-2-3/h9-11H,2-8H2,1H3,(H,15,19)(H,21,22);2H,1H3/t10-,11+;/m1./s1. The van der Waals surface area contributed by atoms with Crippen LogP contribution in [-0.2, 0) is 25.2 Å². The number of hydrogen-bond donors (Lipinski definition) is 2. The Bertz CT molecular complexity index is 632. The van der Waals surface area contributed by atoms with Crippen molar-refractivity contribution in [2.75, 3.05) is 26.7 Å². The first kappa shape index (κ1) is 20.2. The number of hydroxylamine groups is 2. The van der Waals surface area contributed by atoms with Crippen LogP contribution >= 0.6 is 0 Å². The summed E-state index contributed by atoms with van der Waals surface area (Å²) >= 11 is -2.54. The molecule has 4 aliphatic rings. The molecule has 0 radical (unpaired) electrons. The van der Waals surface area contributed by atoms with E-state index in [1.807, 2.05) is 0 Å². The van der Waals surface area contributed by atoms with E-state index in [0.29, 0.717) is 24.8 Å². The molecule has 2 bridgehead atoms. The van der Waals surface area contributed by atoms with Crippen LogP contribution in [0.1, 0.15) is 32.6 Å². The summed E-state index contributed by atoms with van der Waals surface area (Å²) in [5, 5.41) is 4.00. The van der Waals surface area contributed by atoms with Crippen LogP contribution in [-0.4, -0.2) is 86.7 Å². The number of nitrogens with one attached hydrogen (secondary N) is 1. The molecule has 1 saturated carbocycles. The van der Waals surface area contributed by atoms with Crippen molar-refractivity contribution < 1.29 is 27.4 Å². The van der Waals surface area contributed by atoms with Gasteiger partial charge in [0.25, 0.3) is 0 Å². The maximum absolute atomic E-state index is 12.6. The highest BCUT2D eigenvalue weighted by atomic mass is 32.2. The average molecular weight is 402 g/mol. The van der Waals surface area contributed by atoms with Crippen molar-refractivity contribution in [1.29, 1.82) is 0 Å². The van der Waals surface area contributed by atoms with Crippen LogP contribution < -0.4 is 5.32 Å². The monoisotopic (exact) mass is 402 g/mol. The molecular formula is C16H26N4O6S. The van der Waals surface area contributed by atoms with Gasteiger partial charge in [0.05, 0.1) is 6.04 Å². The maximum atomic E-state index is 12.6. The molecule has 3 atom stereocenters. The van der Waals surface area contributed by atoms with Gasteiger partial charge in [-0.05, 0) is 45.1 Å². The molecule has 3 saturated heterocycles. The van der Waals surface area contributed by atoms with Crippen molar-refractivity contribution in [2.45, 2.75) is 50.7 Å². The molecule has 3 aliphatic heterocycles. The molecule has 27 heavy (non-hydrogen) atoms. The van der Waals surface area contributed by atoms with E-state index in [4.69, 9.17) is 9.35 Å². The highest BCUT2D eigenvalue weighted by molar-refractivity contribution is 7.74. The minimum absolute atomic E-state index is 0.124. The number of fused-ring (bicyclic) bond motifs is 2. The highest BCUT2D eigenvalue weighted by Gasteiger charge is 2.53. The molecule has 3 amide bonds. The lowest BCUT2D eigenvalue weighted by molar-refractivity contribution is -0.131. The van der Waals surface area contributed by atoms with Gasteiger partial charge in [-0.25, -0.2) is 4.79 Å². The fourth-order valence-corrected chi connectivity index (χ4v) is 5.14. The number of carbonyl (C=O) groups excluding carboxylic acids is 3. The molecule has 11 heteroatoms. The van der Waals surface area contributed by atoms with Crippen LogP contribution in [0.3, 0.4) is 0 Å². The van der Waals surface area contributed by atoms with Gasteiger partial charge in [0.1, 0.15) is 12.3 Å². The Morgan fingerprint density at radius 1 is 1.37 bits per heavy atom. The van der Waals surface area contributed by atoms with Crippen molar-refractivity contribution in [2.24, 2.45) is 5.41 Å². The van der Waals surface area contributed by atoms with Gasteiger partial charge in [-0.2, -0.15) is 9.27 Å². The summed E-state index contributed by atoms with van der Waals surface area (Å²) in [4.78, 5) is 37.4. The van der Waals surface area contributed by atoms with Crippen molar-refractivity contribution in [3.63, 3.8) is 0 Å². The second-order valence-corrected chi connectivity index (χ2v) is 8.40. The molecule has 10 nitrogen and oxygen atoms in total. The minimum atomic E-state index is -2.54. The first-order chi connectivity index (χ1) is 12.8. The van der Waals surface area contributed by atoms with Crippen LogP contribution in [0.5, 0.6) is 0 Å². The number of hydrogen-bond acceptors (Lipinski definition) is 6. The molecule has 1 unspecified atom stereocenters. The lowest BCUT2D eigenvalue weighted by atomic mass is 9.61. The normalized spacial score (nSPS) is 30.1. The number of nitrogens with zero attached hydrogens (tertiary/aromatic N) is 3.